The molecular weight excluding hydrogens is 206 g/mol. The molecule has 4 heteroatoms. The Labute approximate surface area is 95.5 Å². The summed E-state index contributed by atoms with van der Waals surface area (Å²) >= 11 is 0. The van der Waals surface area contributed by atoms with Crippen molar-refractivity contribution < 1.29 is 14.6 Å². The Morgan fingerprint density at radius 1 is 1.56 bits per heavy atom. The molecule has 0 heterocycles. The number of methoxy groups -OCH3 is 1. The minimum absolute atomic E-state index is 0.145. The minimum Gasteiger partial charge on any atom is -0.390 e. The van der Waals surface area contributed by atoms with Crippen LogP contribution in [0.4, 0.5) is 0 Å². The van der Waals surface area contributed by atoms with Crippen molar-refractivity contribution in [2.24, 2.45) is 5.92 Å². The van der Waals surface area contributed by atoms with Crippen molar-refractivity contribution >= 4 is 5.78 Å². The molecule has 0 aliphatic heterocycles. The molecule has 0 amide bonds. The number of aliphatic hydroxyl groups excluding tert-OH is 1. The van der Waals surface area contributed by atoms with Crippen LogP contribution in [-0.2, 0) is 9.53 Å². The first kappa shape index (κ1) is 12.9. The third-order valence-electron chi connectivity index (χ3n) is 3.00. The standard InChI is InChI=1S/C12H17NO3/c1-8(14)10(7-13)5-9-3-4-11(15)12(6-9)16-2/h5,9,11-12,15H,3-4,6H2,1-2H3. The average Bonchev–Trinajstić information content (AvgIpc) is 2.27. The van der Waals surface area contributed by atoms with Gasteiger partial charge in [-0.3, -0.25) is 4.79 Å². The fourth-order valence-corrected chi connectivity index (χ4v) is 2.02. The summed E-state index contributed by atoms with van der Waals surface area (Å²) in [4.78, 5) is 11.1. The van der Waals surface area contributed by atoms with E-state index in [1.54, 1.807) is 13.2 Å². The van der Waals surface area contributed by atoms with Crippen LogP contribution < -0.4 is 0 Å². The molecule has 0 aromatic rings. The van der Waals surface area contributed by atoms with Crippen molar-refractivity contribution in [3.63, 3.8) is 0 Å². The number of hydrogen-bond acceptors (Lipinski definition) is 4. The van der Waals surface area contributed by atoms with E-state index in [4.69, 9.17) is 10.00 Å². The van der Waals surface area contributed by atoms with Gasteiger partial charge in [-0.1, -0.05) is 6.08 Å². The Hall–Kier alpha value is -1.18. The monoisotopic (exact) mass is 223 g/mol. The Morgan fingerprint density at radius 3 is 2.75 bits per heavy atom. The number of rotatable bonds is 3. The number of nitrogens with zero attached hydrogens (tertiary/aromatic N) is 1. The number of carbonyl (C=O) groups is 1. The third-order valence-corrected chi connectivity index (χ3v) is 3.00. The van der Waals surface area contributed by atoms with Crippen LogP contribution in [0.5, 0.6) is 0 Å². The first-order valence-corrected chi connectivity index (χ1v) is 5.42. The van der Waals surface area contributed by atoms with Gasteiger partial charge in [-0.15, -0.1) is 0 Å². The van der Waals surface area contributed by atoms with E-state index in [0.717, 1.165) is 6.42 Å². The molecule has 1 aliphatic carbocycles. The van der Waals surface area contributed by atoms with Gasteiger partial charge >= 0.3 is 0 Å². The van der Waals surface area contributed by atoms with E-state index in [2.05, 4.69) is 0 Å². The summed E-state index contributed by atoms with van der Waals surface area (Å²) in [5.74, 6) is -0.0607. The first-order valence-electron chi connectivity index (χ1n) is 5.42. The average molecular weight is 223 g/mol. The first-order chi connectivity index (χ1) is 7.58. The lowest BCUT2D eigenvalue weighted by atomic mass is 9.84. The minimum atomic E-state index is -0.433. The molecule has 0 spiro atoms. The fraction of sp³-hybridized carbons (Fsp3) is 0.667. The highest BCUT2D eigenvalue weighted by Crippen LogP contribution is 2.28. The Morgan fingerprint density at radius 2 is 2.25 bits per heavy atom. The molecule has 1 fully saturated rings. The Balaban J connectivity index is 2.69. The molecule has 1 saturated carbocycles. The van der Waals surface area contributed by atoms with Crippen LogP contribution >= 0.6 is 0 Å². The van der Waals surface area contributed by atoms with Crippen molar-refractivity contribution in [1.29, 1.82) is 5.26 Å². The molecule has 1 aliphatic rings. The lowest BCUT2D eigenvalue weighted by molar-refractivity contribution is -0.113. The molecule has 88 valence electrons. The molecule has 0 aromatic heterocycles. The van der Waals surface area contributed by atoms with E-state index in [1.807, 2.05) is 6.07 Å². The number of hydrogen-bond donors (Lipinski definition) is 1. The maximum atomic E-state index is 11.1. The van der Waals surface area contributed by atoms with E-state index in [0.29, 0.717) is 12.8 Å². The summed E-state index contributed by atoms with van der Waals surface area (Å²) in [6.45, 7) is 1.39. The van der Waals surface area contributed by atoms with Gasteiger partial charge in [0.1, 0.15) is 6.07 Å². The van der Waals surface area contributed by atoms with Gasteiger partial charge in [-0.2, -0.15) is 5.26 Å². The second kappa shape index (κ2) is 5.78. The summed E-state index contributed by atoms with van der Waals surface area (Å²) in [6, 6.07) is 1.90. The van der Waals surface area contributed by atoms with E-state index in [9.17, 15) is 9.90 Å². The summed E-state index contributed by atoms with van der Waals surface area (Å²) in [5.41, 5.74) is 0.205. The van der Waals surface area contributed by atoms with Crippen LogP contribution in [0.3, 0.4) is 0 Å². The molecular formula is C12H17NO3. The predicted molar refractivity (Wildman–Crippen MR) is 58.5 cm³/mol. The summed E-state index contributed by atoms with van der Waals surface area (Å²) in [7, 11) is 1.57. The van der Waals surface area contributed by atoms with Gasteiger partial charge in [-0.25, -0.2) is 0 Å². The number of ether oxygens (including phenoxy) is 1. The van der Waals surface area contributed by atoms with Gasteiger partial charge in [-0.05, 0) is 32.1 Å². The molecule has 3 atom stereocenters. The summed E-state index contributed by atoms with van der Waals surface area (Å²) in [6.07, 6.45) is 3.19. The Kier molecular flexibility index (Phi) is 4.66. The van der Waals surface area contributed by atoms with E-state index >= 15 is 0 Å². The van der Waals surface area contributed by atoms with Gasteiger partial charge in [0.15, 0.2) is 5.78 Å². The molecule has 4 nitrogen and oxygen atoms in total. The van der Waals surface area contributed by atoms with Gasteiger partial charge in [0.2, 0.25) is 0 Å². The van der Waals surface area contributed by atoms with Crippen LogP contribution in [0.1, 0.15) is 26.2 Å². The smallest absolute Gasteiger partial charge is 0.169 e. The number of nitriles is 1. The van der Waals surface area contributed by atoms with Gasteiger partial charge in [0, 0.05) is 7.11 Å². The molecule has 0 bridgehead atoms. The highest BCUT2D eigenvalue weighted by molar-refractivity contribution is 5.97. The number of Topliss-reactive ketones (excluding diaryl/α,β-unsaturated/α-hetero) is 1. The Bertz CT molecular complexity index is 330. The number of carbonyl (C=O) groups excluding carboxylic acids is 1. The second-order valence-electron chi connectivity index (χ2n) is 4.16. The molecule has 16 heavy (non-hydrogen) atoms. The lowest BCUT2D eigenvalue weighted by Gasteiger charge is -2.30. The summed E-state index contributed by atoms with van der Waals surface area (Å²) < 4.78 is 5.16. The van der Waals surface area contributed by atoms with Crippen LogP contribution in [0.15, 0.2) is 11.6 Å². The highest BCUT2D eigenvalue weighted by Gasteiger charge is 2.28. The predicted octanol–water partition coefficient (Wildman–Crippen LogP) is 1.20. The molecule has 0 radical (unpaired) electrons. The number of ketones is 1. The third kappa shape index (κ3) is 3.16. The summed E-state index contributed by atoms with van der Waals surface area (Å²) in [5, 5.41) is 18.4. The van der Waals surface area contributed by atoms with Gasteiger partial charge in [0.05, 0.1) is 17.8 Å². The van der Waals surface area contributed by atoms with Crippen molar-refractivity contribution in [1.82, 2.24) is 0 Å². The number of allylic oxidation sites excluding steroid dienone is 2. The molecule has 0 aromatic carbocycles. The van der Waals surface area contributed by atoms with Crippen LogP contribution in [0.25, 0.3) is 0 Å². The van der Waals surface area contributed by atoms with E-state index in [-0.39, 0.29) is 23.4 Å². The van der Waals surface area contributed by atoms with Crippen LogP contribution in [0.2, 0.25) is 0 Å². The quantitative estimate of drug-likeness (QED) is 0.576. The van der Waals surface area contributed by atoms with Crippen molar-refractivity contribution in [2.45, 2.75) is 38.4 Å². The van der Waals surface area contributed by atoms with Crippen LogP contribution in [0, 0.1) is 17.2 Å². The van der Waals surface area contributed by atoms with E-state index < -0.39 is 6.10 Å². The zero-order chi connectivity index (χ0) is 12.1. The van der Waals surface area contributed by atoms with E-state index in [1.165, 1.54) is 6.92 Å². The molecule has 0 saturated heterocycles. The van der Waals surface area contributed by atoms with Crippen molar-refractivity contribution in [3.8, 4) is 6.07 Å². The zero-order valence-electron chi connectivity index (χ0n) is 9.64. The zero-order valence-corrected chi connectivity index (χ0v) is 9.64. The normalized spacial score (nSPS) is 30.9. The molecule has 1 rings (SSSR count). The van der Waals surface area contributed by atoms with Crippen molar-refractivity contribution in [2.75, 3.05) is 7.11 Å². The lowest BCUT2D eigenvalue weighted by Crippen LogP contribution is -2.34. The van der Waals surface area contributed by atoms with Crippen LogP contribution in [-0.4, -0.2) is 30.2 Å². The molecule has 1 N–H and O–H groups in total. The topological polar surface area (TPSA) is 70.3 Å². The maximum absolute atomic E-state index is 11.1. The maximum Gasteiger partial charge on any atom is 0.169 e. The fourth-order valence-electron chi connectivity index (χ4n) is 2.02. The number of aliphatic hydroxyl groups is 1. The SMILES string of the molecule is COC1CC(C=C(C#N)C(C)=O)CCC1O. The molecule has 3 unspecified atom stereocenters. The largest absolute Gasteiger partial charge is 0.390 e. The van der Waals surface area contributed by atoms with Gasteiger partial charge < -0.3 is 9.84 Å². The van der Waals surface area contributed by atoms with Crippen molar-refractivity contribution in [3.05, 3.63) is 11.6 Å². The second-order valence-corrected chi connectivity index (χ2v) is 4.16. The van der Waals surface area contributed by atoms with Gasteiger partial charge in [0.25, 0.3) is 0 Å². The highest BCUT2D eigenvalue weighted by atomic mass is 16.5.